The van der Waals surface area contributed by atoms with E-state index in [1.807, 2.05) is 6.92 Å². The zero-order chi connectivity index (χ0) is 14.5. The first-order chi connectivity index (χ1) is 9.60. The minimum atomic E-state index is -0.816. The summed E-state index contributed by atoms with van der Waals surface area (Å²) < 4.78 is 1.38. The second-order valence-corrected chi connectivity index (χ2v) is 4.93. The van der Waals surface area contributed by atoms with Crippen LogP contribution in [0.1, 0.15) is 13.3 Å². The highest BCUT2D eigenvalue weighted by Gasteiger charge is 2.08. The summed E-state index contributed by atoms with van der Waals surface area (Å²) in [6.07, 6.45) is 2.59. The third-order valence-electron chi connectivity index (χ3n) is 2.31. The van der Waals surface area contributed by atoms with Gasteiger partial charge in [-0.1, -0.05) is 6.92 Å². The number of aromatic amines is 1. The predicted octanol–water partition coefficient (Wildman–Crippen LogP) is 0.232. The van der Waals surface area contributed by atoms with Crippen LogP contribution in [0.25, 0.3) is 0 Å². The van der Waals surface area contributed by atoms with Crippen molar-refractivity contribution in [2.45, 2.75) is 23.5 Å². The van der Waals surface area contributed by atoms with Crippen LogP contribution in [0.2, 0.25) is 0 Å². The fourth-order valence-corrected chi connectivity index (χ4v) is 2.13. The lowest BCUT2D eigenvalue weighted by molar-refractivity contribution is 0.596. The van der Waals surface area contributed by atoms with E-state index in [2.05, 4.69) is 25.4 Å². The first-order valence-electron chi connectivity index (χ1n) is 6.02. The van der Waals surface area contributed by atoms with Crippen LogP contribution < -0.4 is 16.4 Å². The molecule has 0 amide bonds. The van der Waals surface area contributed by atoms with Crippen LogP contribution >= 0.6 is 11.8 Å². The van der Waals surface area contributed by atoms with E-state index in [-0.39, 0.29) is 0 Å². The van der Waals surface area contributed by atoms with E-state index in [0.29, 0.717) is 16.1 Å². The number of H-pyrrole nitrogens is 1. The van der Waals surface area contributed by atoms with Gasteiger partial charge in [0.2, 0.25) is 5.95 Å². The molecule has 2 aromatic heterocycles. The fraction of sp³-hybridized carbons (Fsp3) is 0.364. The van der Waals surface area contributed by atoms with Gasteiger partial charge in [-0.15, -0.1) is 0 Å². The molecule has 106 valence electrons. The molecular formula is C11H14N6O2S. The molecule has 2 rings (SSSR count). The molecule has 0 aromatic carbocycles. The van der Waals surface area contributed by atoms with Crippen molar-refractivity contribution in [3.63, 3.8) is 0 Å². The van der Waals surface area contributed by atoms with Gasteiger partial charge in [-0.25, -0.2) is 9.97 Å². The minimum Gasteiger partial charge on any atom is -0.354 e. The Bertz CT molecular complexity index is 711. The molecule has 0 saturated heterocycles. The van der Waals surface area contributed by atoms with Crippen molar-refractivity contribution < 1.29 is 0 Å². The Kier molecular flexibility index (Phi) is 4.51. The third-order valence-corrected chi connectivity index (χ3v) is 3.29. The molecule has 0 aliphatic heterocycles. The number of anilines is 1. The molecule has 20 heavy (non-hydrogen) atoms. The monoisotopic (exact) mass is 294 g/mol. The number of nitrogens with zero attached hydrogens (tertiary/aromatic N) is 4. The number of hydrogen-bond donors (Lipinski definition) is 2. The third kappa shape index (κ3) is 3.44. The molecule has 2 N–H and O–H groups in total. The van der Waals surface area contributed by atoms with Gasteiger partial charge < -0.3 is 5.32 Å². The zero-order valence-electron chi connectivity index (χ0n) is 11.1. The van der Waals surface area contributed by atoms with Gasteiger partial charge in [-0.05, 0) is 24.2 Å². The number of rotatable bonds is 5. The lowest BCUT2D eigenvalue weighted by atomic mass is 10.5. The molecule has 0 bridgehead atoms. The zero-order valence-corrected chi connectivity index (χ0v) is 11.9. The van der Waals surface area contributed by atoms with Gasteiger partial charge in [-0.2, -0.15) is 4.98 Å². The summed E-state index contributed by atoms with van der Waals surface area (Å²) >= 11 is 1.18. The summed E-state index contributed by atoms with van der Waals surface area (Å²) in [4.78, 5) is 34.5. The second kappa shape index (κ2) is 6.33. The SMILES string of the molecule is CCCNc1nccc(Sc2nc(=O)c(=O)[nH]n2C)n1. The average Bonchev–Trinajstić information content (AvgIpc) is 2.43. The standard InChI is InChI=1S/C11H14N6O2S/c1-3-5-12-10-13-6-4-7(14-10)20-11-15-8(18)9(19)16-17(11)2/h4,6H,3,5H2,1-2H3,(H,16,19)(H,12,13,14). The Hall–Kier alpha value is -2.16. The Morgan fingerprint density at radius 2 is 2.20 bits per heavy atom. The predicted molar refractivity (Wildman–Crippen MR) is 75.0 cm³/mol. The largest absolute Gasteiger partial charge is 0.354 e. The molecule has 0 aliphatic rings. The lowest BCUT2D eigenvalue weighted by Gasteiger charge is -2.06. The summed E-state index contributed by atoms with van der Waals surface area (Å²) in [5, 5.41) is 6.44. The van der Waals surface area contributed by atoms with E-state index in [0.717, 1.165) is 13.0 Å². The maximum Gasteiger partial charge on any atom is 0.339 e. The van der Waals surface area contributed by atoms with Crippen molar-refractivity contribution in [1.82, 2.24) is 24.7 Å². The van der Waals surface area contributed by atoms with Crippen molar-refractivity contribution in [3.8, 4) is 0 Å². The van der Waals surface area contributed by atoms with Gasteiger partial charge in [0.15, 0.2) is 5.16 Å². The molecule has 0 fully saturated rings. The average molecular weight is 294 g/mol. The lowest BCUT2D eigenvalue weighted by Crippen LogP contribution is -2.33. The quantitative estimate of drug-likeness (QED) is 0.600. The molecule has 2 heterocycles. The van der Waals surface area contributed by atoms with E-state index in [1.54, 1.807) is 19.3 Å². The Labute approximate surface area is 118 Å². The van der Waals surface area contributed by atoms with E-state index >= 15 is 0 Å². The number of aromatic nitrogens is 5. The highest BCUT2D eigenvalue weighted by atomic mass is 32.2. The molecule has 2 aromatic rings. The Morgan fingerprint density at radius 1 is 1.40 bits per heavy atom. The Balaban J connectivity index is 2.24. The van der Waals surface area contributed by atoms with Gasteiger partial charge in [0.25, 0.3) is 0 Å². The summed E-state index contributed by atoms with van der Waals surface area (Å²) in [6.45, 7) is 2.83. The number of aryl methyl sites for hydroxylation is 1. The van der Waals surface area contributed by atoms with Crippen molar-refractivity contribution in [3.05, 3.63) is 33.0 Å². The smallest absolute Gasteiger partial charge is 0.339 e. The molecule has 0 atom stereocenters. The van der Waals surface area contributed by atoms with E-state index < -0.39 is 11.1 Å². The van der Waals surface area contributed by atoms with Gasteiger partial charge in [0, 0.05) is 19.8 Å². The van der Waals surface area contributed by atoms with Gasteiger partial charge in [0.1, 0.15) is 5.03 Å². The molecule has 0 spiro atoms. The van der Waals surface area contributed by atoms with Gasteiger partial charge in [0.05, 0.1) is 0 Å². The summed E-state index contributed by atoms with van der Waals surface area (Å²) in [5.41, 5.74) is -1.56. The topological polar surface area (TPSA) is 106 Å². The van der Waals surface area contributed by atoms with Gasteiger partial charge in [-0.3, -0.25) is 19.4 Å². The molecule has 0 radical (unpaired) electrons. The first-order valence-corrected chi connectivity index (χ1v) is 6.84. The Morgan fingerprint density at radius 3 is 2.95 bits per heavy atom. The normalized spacial score (nSPS) is 10.5. The van der Waals surface area contributed by atoms with E-state index in [9.17, 15) is 9.59 Å². The van der Waals surface area contributed by atoms with Crippen LogP contribution in [0.3, 0.4) is 0 Å². The highest BCUT2D eigenvalue weighted by molar-refractivity contribution is 7.99. The van der Waals surface area contributed by atoms with E-state index in [4.69, 9.17) is 0 Å². The maximum atomic E-state index is 11.3. The van der Waals surface area contributed by atoms with Crippen LogP contribution in [-0.4, -0.2) is 31.3 Å². The molecule has 0 saturated carbocycles. The molecule has 8 nitrogen and oxygen atoms in total. The van der Waals surface area contributed by atoms with Crippen LogP contribution in [-0.2, 0) is 7.05 Å². The van der Waals surface area contributed by atoms with Gasteiger partial charge >= 0.3 is 11.1 Å². The number of hydrogen-bond acceptors (Lipinski definition) is 7. The first kappa shape index (κ1) is 14.3. The highest BCUT2D eigenvalue weighted by Crippen LogP contribution is 2.22. The minimum absolute atomic E-state index is 0.356. The number of nitrogens with one attached hydrogen (secondary N) is 2. The van der Waals surface area contributed by atoms with Crippen LogP contribution in [0.4, 0.5) is 5.95 Å². The van der Waals surface area contributed by atoms with E-state index in [1.165, 1.54) is 16.4 Å². The molecular weight excluding hydrogens is 280 g/mol. The second-order valence-electron chi connectivity index (χ2n) is 3.95. The van der Waals surface area contributed by atoms with Crippen molar-refractivity contribution >= 4 is 17.7 Å². The van der Waals surface area contributed by atoms with Crippen molar-refractivity contribution in [2.75, 3.05) is 11.9 Å². The molecule has 0 aliphatic carbocycles. The van der Waals surface area contributed by atoms with Crippen molar-refractivity contribution in [1.29, 1.82) is 0 Å². The maximum absolute atomic E-state index is 11.3. The van der Waals surface area contributed by atoms with Crippen molar-refractivity contribution in [2.24, 2.45) is 7.05 Å². The summed E-state index contributed by atoms with van der Waals surface area (Å²) in [6, 6.07) is 1.71. The van der Waals surface area contributed by atoms with Crippen LogP contribution in [0, 0.1) is 0 Å². The summed E-state index contributed by atoms with van der Waals surface area (Å²) in [7, 11) is 1.60. The van der Waals surface area contributed by atoms with Crippen LogP contribution in [0.5, 0.6) is 0 Å². The summed E-state index contributed by atoms with van der Waals surface area (Å²) in [5.74, 6) is 0.520. The fourth-order valence-electron chi connectivity index (χ4n) is 1.37. The molecule has 9 heteroatoms. The van der Waals surface area contributed by atoms with Crippen LogP contribution in [0.15, 0.2) is 32.0 Å². The molecule has 0 unspecified atom stereocenters.